The van der Waals surface area contributed by atoms with E-state index < -0.39 is 41.8 Å². The van der Waals surface area contributed by atoms with Gasteiger partial charge in [-0.15, -0.1) is 0 Å². The summed E-state index contributed by atoms with van der Waals surface area (Å²) >= 11 is 0. The number of rotatable bonds is 1. The quantitative estimate of drug-likeness (QED) is 0.489. The fraction of sp³-hybridized carbons (Fsp3) is 1.00. The van der Waals surface area contributed by atoms with E-state index in [1.165, 1.54) is 0 Å². The molecule has 15 heteroatoms. The van der Waals surface area contributed by atoms with Crippen molar-refractivity contribution in [2.75, 3.05) is 0 Å². The smallest absolute Gasteiger partial charge is 0.290 e. The maximum atomic E-state index is 13.4. The average molecular weight is 366 g/mol. The average Bonchev–Trinajstić information content (AvgIpc) is 2.60. The van der Waals surface area contributed by atoms with Crippen molar-refractivity contribution in [1.82, 2.24) is 0 Å². The molecule has 1 aliphatic heterocycles. The van der Waals surface area contributed by atoms with Gasteiger partial charge >= 0.3 is 41.8 Å². The lowest BCUT2D eigenvalue weighted by atomic mass is 9.77. The van der Waals surface area contributed by atoms with Gasteiger partial charge in [-0.05, 0) is 0 Å². The predicted octanol–water partition coefficient (Wildman–Crippen LogP) is 4.58. The van der Waals surface area contributed by atoms with Gasteiger partial charge in [0.1, 0.15) is 0 Å². The molecule has 132 valence electrons. The minimum atomic E-state index is -7.74. The summed E-state index contributed by atoms with van der Waals surface area (Å²) in [6, 6.07) is 0. The fourth-order valence-corrected chi connectivity index (χ4v) is 1.76. The van der Waals surface area contributed by atoms with E-state index in [9.17, 15) is 61.5 Å². The molecule has 1 rings (SSSR count). The molecule has 0 aliphatic carbocycles. The molecular formula is C7F14O. The molecule has 1 aliphatic rings. The summed E-state index contributed by atoms with van der Waals surface area (Å²) in [4.78, 5) is 0. The Labute approximate surface area is 109 Å². The van der Waals surface area contributed by atoms with E-state index in [4.69, 9.17) is 0 Å². The van der Waals surface area contributed by atoms with Gasteiger partial charge in [0.25, 0.3) is 0 Å². The van der Waals surface area contributed by atoms with Gasteiger partial charge in [0.15, 0.2) is 0 Å². The van der Waals surface area contributed by atoms with E-state index in [2.05, 4.69) is 4.74 Å². The SMILES string of the molecule is FC(F)(F)C1(F)OC1(F)C(C(F)(F)F)(C(F)(F)F)C(F)(F)F. The van der Waals surface area contributed by atoms with Crippen LogP contribution in [0.4, 0.5) is 61.5 Å². The molecule has 0 aromatic rings. The highest BCUT2D eigenvalue weighted by Crippen LogP contribution is 2.77. The van der Waals surface area contributed by atoms with Crippen LogP contribution in [0.2, 0.25) is 0 Å². The molecule has 0 aromatic heterocycles. The zero-order valence-corrected chi connectivity index (χ0v) is 9.20. The zero-order valence-electron chi connectivity index (χ0n) is 9.20. The molecule has 0 bridgehead atoms. The van der Waals surface area contributed by atoms with Crippen molar-refractivity contribution in [3.8, 4) is 0 Å². The second-order valence-corrected chi connectivity index (χ2v) is 4.03. The van der Waals surface area contributed by atoms with Gasteiger partial charge in [0.2, 0.25) is 0 Å². The van der Waals surface area contributed by atoms with Crippen LogP contribution in [0.5, 0.6) is 0 Å². The molecule has 1 heterocycles. The first-order valence-electron chi connectivity index (χ1n) is 4.55. The Balaban J connectivity index is 3.78. The van der Waals surface area contributed by atoms with Gasteiger partial charge < -0.3 is 0 Å². The van der Waals surface area contributed by atoms with Crippen molar-refractivity contribution in [3.05, 3.63) is 0 Å². The summed E-state index contributed by atoms with van der Waals surface area (Å²) in [6.45, 7) is 0. The summed E-state index contributed by atoms with van der Waals surface area (Å²) in [5.74, 6) is -13.2. The number of ether oxygens (including phenoxy) is 1. The third kappa shape index (κ3) is 1.89. The van der Waals surface area contributed by atoms with Crippen LogP contribution in [0.15, 0.2) is 0 Å². The van der Waals surface area contributed by atoms with Crippen LogP contribution in [-0.4, -0.2) is 36.4 Å². The van der Waals surface area contributed by atoms with E-state index in [1.54, 1.807) is 0 Å². The van der Waals surface area contributed by atoms with Gasteiger partial charge in [-0.25, -0.2) is 4.39 Å². The van der Waals surface area contributed by atoms with E-state index in [-0.39, 0.29) is 0 Å². The molecule has 2 unspecified atom stereocenters. The number of epoxide rings is 1. The number of hydrogen-bond acceptors (Lipinski definition) is 1. The minimum absolute atomic E-state index is 2.08. The van der Waals surface area contributed by atoms with Crippen LogP contribution in [0, 0.1) is 5.41 Å². The first-order chi connectivity index (χ1) is 9.21. The third-order valence-corrected chi connectivity index (χ3v) is 2.78. The maximum Gasteiger partial charge on any atom is 0.454 e. The molecule has 1 saturated heterocycles. The Hall–Kier alpha value is -1.02. The van der Waals surface area contributed by atoms with E-state index in [0.717, 1.165) is 0 Å². The molecule has 2 atom stereocenters. The second kappa shape index (κ2) is 4.08. The predicted molar refractivity (Wildman–Crippen MR) is 35.4 cm³/mol. The first-order valence-corrected chi connectivity index (χ1v) is 4.55. The summed E-state index contributed by atoms with van der Waals surface area (Å²) in [5.41, 5.74) is -7.73. The number of halogens is 14. The molecule has 22 heavy (non-hydrogen) atoms. The van der Waals surface area contributed by atoms with Crippen LogP contribution >= 0.6 is 0 Å². The molecule has 1 nitrogen and oxygen atoms in total. The lowest BCUT2D eigenvalue weighted by Gasteiger charge is -2.39. The summed E-state index contributed by atoms with van der Waals surface area (Å²) < 4.78 is 175. The van der Waals surface area contributed by atoms with Crippen molar-refractivity contribution in [1.29, 1.82) is 0 Å². The number of alkyl halides is 14. The van der Waals surface area contributed by atoms with E-state index >= 15 is 0 Å². The van der Waals surface area contributed by atoms with Crippen molar-refractivity contribution in [3.63, 3.8) is 0 Å². The van der Waals surface area contributed by atoms with Crippen LogP contribution in [0.25, 0.3) is 0 Å². The highest BCUT2D eigenvalue weighted by molar-refractivity contribution is 5.23. The summed E-state index contributed by atoms with van der Waals surface area (Å²) in [5, 5.41) is 0. The van der Waals surface area contributed by atoms with Crippen molar-refractivity contribution >= 4 is 0 Å². The highest BCUT2D eigenvalue weighted by atomic mass is 19.4. The lowest BCUT2D eigenvalue weighted by Crippen LogP contribution is -2.68. The maximum absolute atomic E-state index is 13.4. The zero-order chi connectivity index (χ0) is 18.2. The van der Waals surface area contributed by atoms with E-state index in [0.29, 0.717) is 0 Å². The van der Waals surface area contributed by atoms with Gasteiger partial charge in [-0.1, -0.05) is 0 Å². The van der Waals surface area contributed by atoms with Crippen molar-refractivity contribution in [2.45, 2.75) is 36.4 Å². The molecule has 1 fully saturated rings. The molecular weight excluding hydrogens is 366 g/mol. The van der Waals surface area contributed by atoms with Crippen LogP contribution in [-0.2, 0) is 4.74 Å². The van der Waals surface area contributed by atoms with Gasteiger partial charge in [0.05, 0.1) is 0 Å². The van der Waals surface area contributed by atoms with Gasteiger partial charge in [-0.2, -0.15) is 57.1 Å². The fourth-order valence-electron chi connectivity index (χ4n) is 1.76. The topological polar surface area (TPSA) is 12.5 Å². The summed E-state index contributed by atoms with van der Waals surface area (Å²) in [6.07, 6.45) is -30.1. The first kappa shape index (κ1) is 19.0. The normalized spacial score (nSPS) is 31.4. The molecule has 0 radical (unpaired) electrons. The monoisotopic (exact) mass is 366 g/mol. The molecule has 0 N–H and O–H groups in total. The largest absolute Gasteiger partial charge is 0.454 e. The Morgan fingerprint density at radius 2 is 0.773 bits per heavy atom. The molecule has 0 amide bonds. The van der Waals surface area contributed by atoms with Crippen molar-refractivity contribution < 1.29 is 66.2 Å². The molecule has 0 saturated carbocycles. The Morgan fingerprint density at radius 1 is 0.500 bits per heavy atom. The second-order valence-electron chi connectivity index (χ2n) is 4.03. The third-order valence-electron chi connectivity index (χ3n) is 2.78. The Bertz CT molecular complexity index is 416. The lowest BCUT2D eigenvalue weighted by molar-refractivity contribution is -0.459. The van der Waals surface area contributed by atoms with Gasteiger partial charge in [0, 0.05) is 0 Å². The number of hydrogen-bond donors (Lipinski definition) is 0. The van der Waals surface area contributed by atoms with E-state index in [1.807, 2.05) is 0 Å². The van der Waals surface area contributed by atoms with Crippen LogP contribution in [0.3, 0.4) is 0 Å². The summed E-state index contributed by atoms with van der Waals surface area (Å²) in [7, 11) is 0. The Kier molecular flexibility index (Phi) is 3.53. The van der Waals surface area contributed by atoms with Crippen LogP contribution < -0.4 is 0 Å². The van der Waals surface area contributed by atoms with Crippen molar-refractivity contribution in [2.24, 2.45) is 5.41 Å². The highest BCUT2D eigenvalue weighted by Gasteiger charge is 3.07. The minimum Gasteiger partial charge on any atom is -0.290 e. The Morgan fingerprint density at radius 3 is 0.909 bits per heavy atom. The molecule has 0 aromatic carbocycles. The van der Waals surface area contributed by atoms with Crippen LogP contribution in [0.1, 0.15) is 0 Å². The standard InChI is InChI=1S/C7F14O/c8-2(3(9,22-2)7(19,20)21)1(4(10,11)12,5(13,14)15)6(16,17)18. The molecule has 0 spiro atoms. The van der Waals surface area contributed by atoms with Gasteiger partial charge in [-0.3, -0.25) is 4.74 Å².